The molecule has 0 unspecified atom stereocenters. The Balaban J connectivity index is 5.33. The number of Topliss-reactive ketones (excluding diaryl/α,β-unsaturated/α-hetero) is 2. The van der Waals surface area contributed by atoms with Gasteiger partial charge in [-0.2, -0.15) is 0 Å². The van der Waals surface area contributed by atoms with Crippen LogP contribution < -0.4 is 11.5 Å². The molecule has 0 saturated heterocycles. The molecule has 174 valence electrons. The second kappa shape index (κ2) is 13.1. The largest absolute Gasteiger partial charge is 0.478 e. The summed E-state index contributed by atoms with van der Waals surface area (Å²) >= 11 is 0. The molecule has 0 rings (SSSR count). The van der Waals surface area contributed by atoms with E-state index in [9.17, 15) is 38.7 Å². The van der Waals surface area contributed by atoms with E-state index in [1.807, 2.05) is 0 Å². The zero-order valence-corrected chi connectivity index (χ0v) is 16.7. The van der Waals surface area contributed by atoms with E-state index >= 15 is 0 Å². The second-order valence-corrected chi connectivity index (χ2v) is 6.85. The standard InChI is InChI=1S/C18H26N2O11/c19-10(6-7-13(20)23)16(28)31-18(17(29)30,9-3-5-12(22)15(26)27)8-2-1-4-11(21)14(24)25/h10H,1-9,19H2,(H2,20,23)(H,24,25)(H,26,27)(H,29,30)/t10-,18-/m0/s1. The number of amides is 1. The van der Waals surface area contributed by atoms with Crippen LogP contribution in [0.15, 0.2) is 0 Å². The minimum atomic E-state index is -2.19. The van der Waals surface area contributed by atoms with Crippen LogP contribution in [-0.2, 0) is 38.3 Å². The SMILES string of the molecule is NC(=O)CC[C@H](N)C(=O)O[C@@](CCCCC(=O)C(=O)O)(CCCC(=O)C(=O)O)C(=O)O. The van der Waals surface area contributed by atoms with Gasteiger partial charge in [0.25, 0.3) is 0 Å². The summed E-state index contributed by atoms with van der Waals surface area (Å²) in [4.78, 5) is 78.6. The van der Waals surface area contributed by atoms with Crippen molar-refractivity contribution in [3.05, 3.63) is 0 Å². The highest BCUT2D eigenvalue weighted by Gasteiger charge is 2.43. The van der Waals surface area contributed by atoms with Crippen molar-refractivity contribution in [1.82, 2.24) is 0 Å². The molecule has 0 fully saturated rings. The predicted molar refractivity (Wildman–Crippen MR) is 100 cm³/mol. The molecule has 0 aromatic rings. The van der Waals surface area contributed by atoms with E-state index in [0.29, 0.717) is 0 Å². The summed E-state index contributed by atoms with van der Waals surface area (Å²) in [5.41, 5.74) is 8.38. The first-order valence-electron chi connectivity index (χ1n) is 9.34. The number of carboxylic acid groups (broad SMARTS) is 3. The zero-order valence-electron chi connectivity index (χ0n) is 16.7. The smallest absolute Gasteiger partial charge is 0.372 e. The van der Waals surface area contributed by atoms with Gasteiger partial charge in [-0.25, -0.2) is 14.4 Å². The van der Waals surface area contributed by atoms with E-state index < -0.39 is 65.8 Å². The van der Waals surface area contributed by atoms with Gasteiger partial charge in [0.15, 0.2) is 0 Å². The minimum Gasteiger partial charge on any atom is -0.478 e. The third-order valence-corrected chi connectivity index (χ3v) is 4.39. The maximum Gasteiger partial charge on any atom is 0.372 e. The maximum absolute atomic E-state index is 12.3. The molecule has 0 saturated carbocycles. The molecule has 13 nitrogen and oxygen atoms in total. The lowest BCUT2D eigenvalue weighted by atomic mass is 9.89. The third-order valence-electron chi connectivity index (χ3n) is 4.39. The maximum atomic E-state index is 12.3. The molecular weight excluding hydrogens is 420 g/mol. The molecule has 0 radical (unpaired) electrons. The van der Waals surface area contributed by atoms with Crippen LogP contribution in [0.2, 0.25) is 0 Å². The van der Waals surface area contributed by atoms with Gasteiger partial charge in [-0.1, -0.05) is 0 Å². The summed E-state index contributed by atoms with van der Waals surface area (Å²) in [5.74, 6) is -9.02. The van der Waals surface area contributed by atoms with Gasteiger partial charge in [0.2, 0.25) is 23.1 Å². The Morgan fingerprint density at radius 1 is 0.774 bits per heavy atom. The van der Waals surface area contributed by atoms with Crippen molar-refractivity contribution < 1.29 is 53.6 Å². The van der Waals surface area contributed by atoms with Crippen LogP contribution in [0.3, 0.4) is 0 Å². The number of aliphatic carboxylic acids is 3. The molecule has 0 aliphatic rings. The van der Waals surface area contributed by atoms with E-state index in [1.165, 1.54) is 0 Å². The number of hydrogen-bond donors (Lipinski definition) is 5. The Morgan fingerprint density at radius 2 is 1.26 bits per heavy atom. The summed E-state index contributed by atoms with van der Waals surface area (Å²) < 4.78 is 5.11. The molecular formula is C18H26N2O11. The van der Waals surface area contributed by atoms with E-state index in [4.69, 9.17) is 26.4 Å². The normalized spacial score (nSPS) is 13.5. The molecule has 0 heterocycles. The van der Waals surface area contributed by atoms with Gasteiger partial charge in [0.1, 0.15) is 6.04 Å². The highest BCUT2D eigenvalue weighted by molar-refractivity contribution is 6.32. The topological polar surface area (TPSA) is 241 Å². The molecule has 0 spiro atoms. The highest BCUT2D eigenvalue weighted by atomic mass is 16.6. The minimum absolute atomic E-state index is 0.0144. The quantitative estimate of drug-likeness (QED) is 0.102. The van der Waals surface area contributed by atoms with Crippen molar-refractivity contribution in [2.45, 2.75) is 69.4 Å². The number of hydrogen-bond acceptors (Lipinski definition) is 9. The third kappa shape index (κ3) is 10.3. The van der Waals surface area contributed by atoms with Crippen LogP contribution in [0.4, 0.5) is 0 Å². The number of carbonyl (C=O) groups is 7. The van der Waals surface area contributed by atoms with E-state index in [1.54, 1.807) is 0 Å². The Hall–Kier alpha value is -3.35. The molecule has 2 atom stereocenters. The number of unbranched alkanes of at least 4 members (excludes halogenated alkanes) is 1. The van der Waals surface area contributed by atoms with Gasteiger partial charge in [0.05, 0.1) is 0 Å². The monoisotopic (exact) mass is 446 g/mol. The number of carbonyl (C=O) groups excluding carboxylic acids is 4. The van der Waals surface area contributed by atoms with E-state index in [0.717, 1.165) is 0 Å². The van der Waals surface area contributed by atoms with Crippen LogP contribution in [-0.4, -0.2) is 68.3 Å². The van der Waals surface area contributed by atoms with Gasteiger partial charge >= 0.3 is 23.9 Å². The number of nitrogens with two attached hydrogens (primary N) is 2. The Bertz CT molecular complexity index is 734. The second-order valence-electron chi connectivity index (χ2n) is 6.85. The van der Waals surface area contributed by atoms with Crippen molar-refractivity contribution >= 4 is 41.4 Å². The van der Waals surface area contributed by atoms with Gasteiger partial charge in [-0.3, -0.25) is 19.2 Å². The molecule has 1 amide bonds. The van der Waals surface area contributed by atoms with Gasteiger partial charge < -0.3 is 31.5 Å². The van der Waals surface area contributed by atoms with Crippen molar-refractivity contribution in [2.24, 2.45) is 11.5 Å². The number of ether oxygens (including phenoxy) is 1. The first-order chi connectivity index (χ1) is 14.3. The van der Waals surface area contributed by atoms with Crippen LogP contribution in [0, 0.1) is 0 Å². The van der Waals surface area contributed by atoms with Gasteiger partial charge in [-0.05, 0) is 38.5 Å². The first-order valence-corrected chi connectivity index (χ1v) is 9.34. The molecule has 7 N–H and O–H groups in total. The van der Waals surface area contributed by atoms with Gasteiger partial charge in [-0.15, -0.1) is 0 Å². The lowest BCUT2D eigenvalue weighted by Crippen LogP contribution is -2.47. The molecule has 0 aromatic heterocycles. The Morgan fingerprint density at radius 3 is 1.71 bits per heavy atom. The molecule has 0 aromatic carbocycles. The van der Waals surface area contributed by atoms with Crippen molar-refractivity contribution in [3.63, 3.8) is 0 Å². The van der Waals surface area contributed by atoms with E-state index in [2.05, 4.69) is 0 Å². The van der Waals surface area contributed by atoms with Crippen molar-refractivity contribution in [2.75, 3.05) is 0 Å². The summed E-state index contributed by atoms with van der Waals surface area (Å²) in [6.45, 7) is 0. The van der Waals surface area contributed by atoms with Crippen LogP contribution in [0.5, 0.6) is 0 Å². The fourth-order valence-electron chi connectivity index (χ4n) is 2.61. The average Bonchev–Trinajstić information content (AvgIpc) is 2.67. The number of primary amides is 1. The Labute approximate surface area is 176 Å². The molecule has 0 bridgehead atoms. The molecule has 0 aliphatic carbocycles. The summed E-state index contributed by atoms with van der Waals surface area (Å²) in [6.07, 6.45) is -2.37. The van der Waals surface area contributed by atoms with Crippen LogP contribution in [0.25, 0.3) is 0 Å². The number of esters is 1. The fourth-order valence-corrected chi connectivity index (χ4v) is 2.61. The Kier molecular flexibility index (Phi) is 11.6. The fraction of sp³-hybridized carbons (Fsp3) is 0.611. The predicted octanol–water partition coefficient (Wildman–Crippen LogP) is -1.02. The van der Waals surface area contributed by atoms with E-state index in [-0.39, 0.29) is 44.9 Å². The number of rotatable bonds is 17. The van der Waals surface area contributed by atoms with Gasteiger partial charge in [0, 0.05) is 19.3 Å². The summed E-state index contributed by atoms with van der Waals surface area (Å²) in [5, 5.41) is 26.9. The first kappa shape index (κ1) is 27.6. The summed E-state index contributed by atoms with van der Waals surface area (Å²) in [7, 11) is 0. The van der Waals surface area contributed by atoms with Crippen LogP contribution in [0.1, 0.15) is 57.8 Å². The number of carboxylic acids is 3. The average molecular weight is 446 g/mol. The lowest BCUT2D eigenvalue weighted by Gasteiger charge is -2.30. The summed E-state index contributed by atoms with van der Waals surface area (Å²) in [6, 6.07) is -1.36. The lowest BCUT2D eigenvalue weighted by molar-refractivity contribution is -0.182. The zero-order chi connectivity index (χ0) is 24.2. The van der Waals surface area contributed by atoms with Crippen molar-refractivity contribution in [3.8, 4) is 0 Å². The van der Waals surface area contributed by atoms with Crippen LogP contribution >= 0.6 is 0 Å². The van der Waals surface area contributed by atoms with Crippen molar-refractivity contribution in [1.29, 1.82) is 0 Å². The molecule has 0 aliphatic heterocycles. The number of ketones is 2. The molecule has 31 heavy (non-hydrogen) atoms. The molecule has 13 heteroatoms. The highest BCUT2D eigenvalue weighted by Crippen LogP contribution is 2.28.